The second-order valence-corrected chi connectivity index (χ2v) is 2.69. The quantitative estimate of drug-likeness (QED) is 0.636. The van der Waals surface area contributed by atoms with Crippen LogP contribution in [0.4, 0.5) is 0 Å². The molecule has 4 heteroatoms. The third kappa shape index (κ3) is 2.45. The molecule has 0 radical (unpaired) electrons. The lowest BCUT2D eigenvalue weighted by atomic mass is 10.1. The molecule has 0 aliphatic heterocycles. The van der Waals surface area contributed by atoms with Gasteiger partial charge in [0, 0.05) is 5.56 Å². The van der Waals surface area contributed by atoms with Crippen LogP contribution in [0.3, 0.4) is 0 Å². The number of aliphatic hydroxyl groups is 1. The first-order valence-electron chi connectivity index (χ1n) is 3.77. The van der Waals surface area contributed by atoms with Gasteiger partial charge in [0.2, 0.25) is 0 Å². The van der Waals surface area contributed by atoms with Gasteiger partial charge >= 0.3 is 5.97 Å². The van der Waals surface area contributed by atoms with E-state index in [1.807, 2.05) is 0 Å². The first kappa shape index (κ1) is 9.54. The zero-order valence-electron chi connectivity index (χ0n) is 6.90. The molecule has 0 saturated carbocycles. The zero-order valence-corrected chi connectivity index (χ0v) is 6.90. The van der Waals surface area contributed by atoms with Gasteiger partial charge in [0.25, 0.3) is 0 Å². The van der Waals surface area contributed by atoms with Crippen LogP contribution in [0.2, 0.25) is 0 Å². The van der Waals surface area contributed by atoms with E-state index in [4.69, 9.17) is 10.2 Å². The van der Waals surface area contributed by atoms with Crippen molar-refractivity contribution in [3.63, 3.8) is 0 Å². The molecule has 0 amide bonds. The molecule has 0 fully saturated rings. The Hall–Kier alpha value is -1.55. The zero-order chi connectivity index (χ0) is 9.84. The first-order chi connectivity index (χ1) is 6.13. The fourth-order valence-electron chi connectivity index (χ4n) is 1.03. The average Bonchev–Trinajstić information content (AvgIpc) is 2.03. The molecule has 1 rings (SSSR count). The van der Waals surface area contributed by atoms with Gasteiger partial charge in [0.15, 0.2) is 0 Å². The van der Waals surface area contributed by atoms with Crippen molar-refractivity contribution >= 4 is 5.97 Å². The van der Waals surface area contributed by atoms with Gasteiger partial charge in [-0.05, 0) is 11.6 Å². The van der Waals surface area contributed by atoms with Crippen molar-refractivity contribution in [3.8, 4) is 5.75 Å². The Kier molecular flexibility index (Phi) is 2.87. The lowest BCUT2D eigenvalue weighted by molar-refractivity contribution is -0.136. The highest BCUT2D eigenvalue weighted by molar-refractivity contribution is 5.70. The van der Waals surface area contributed by atoms with E-state index in [1.165, 1.54) is 12.1 Å². The highest BCUT2D eigenvalue weighted by Gasteiger charge is 2.04. The van der Waals surface area contributed by atoms with Crippen LogP contribution in [-0.4, -0.2) is 21.3 Å². The standard InChI is InChI=1S/C9H10O4/c10-5-7-2-1-6(3-8(7)11)4-9(12)13/h1-3,10-11H,4-5H2,(H,12,13). The topological polar surface area (TPSA) is 77.8 Å². The van der Waals surface area contributed by atoms with E-state index in [-0.39, 0.29) is 18.8 Å². The average molecular weight is 182 g/mol. The number of aliphatic carboxylic acids is 1. The lowest BCUT2D eigenvalue weighted by Gasteiger charge is -2.02. The molecule has 1 aromatic carbocycles. The molecule has 0 saturated heterocycles. The van der Waals surface area contributed by atoms with E-state index in [2.05, 4.69) is 0 Å². The van der Waals surface area contributed by atoms with E-state index < -0.39 is 5.97 Å². The van der Waals surface area contributed by atoms with E-state index in [1.54, 1.807) is 6.07 Å². The molecule has 4 nitrogen and oxygen atoms in total. The minimum atomic E-state index is -0.948. The molecular formula is C9H10O4. The fourth-order valence-corrected chi connectivity index (χ4v) is 1.03. The van der Waals surface area contributed by atoms with Crippen LogP contribution in [0.1, 0.15) is 11.1 Å². The Morgan fingerprint density at radius 2 is 2.08 bits per heavy atom. The summed E-state index contributed by atoms with van der Waals surface area (Å²) in [7, 11) is 0. The molecule has 0 aliphatic rings. The van der Waals surface area contributed by atoms with E-state index >= 15 is 0 Å². The summed E-state index contributed by atoms with van der Waals surface area (Å²) in [6.45, 7) is -0.251. The summed E-state index contributed by atoms with van der Waals surface area (Å²) in [4.78, 5) is 10.3. The summed E-state index contributed by atoms with van der Waals surface area (Å²) in [5, 5.41) is 26.4. The summed E-state index contributed by atoms with van der Waals surface area (Å²) in [5.41, 5.74) is 0.913. The summed E-state index contributed by atoms with van der Waals surface area (Å²) in [6, 6.07) is 4.42. The summed E-state index contributed by atoms with van der Waals surface area (Å²) < 4.78 is 0. The molecule has 13 heavy (non-hydrogen) atoms. The van der Waals surface area contributed by atoms with Gasteiger partial charge in [0.05, 0.1) is 13.0 Å². The van der Waals surface area contributed by atoms with Crippen molar-refractivity contribution in [1.82, 2.24) is 0 Å². The van der Waals surface area contributed by atoms with Gasteiger partial charge in [-0.1, -0.05) is 12.1 Å². The fraction of sp³-hybridized carbons (Fsp3) is 0.222. The van der Waals surface area contributed by atoms with Crippen LogP contribution in [0.25, 0.3) is 0 Å². The molecule has 1 aromatic rings. The molecule has 0 heterocycles. The molecule has 0 aliphatic carbocycles. The second-order valence-electron chi connectivity index (χ2n) is 2.69. The van der Waals surface area contributed by atoms with Crippen LogP contribution in [-0.2, 0) is 17.8 Å². The molecule has 0 bridgehead atoms. The molecule has 0 unspecified atom stereocenters. The van der Waals surface area contributed by atoms with Crippen LogP contribution in [0.15, 0.2) is 18.2 Å². The Balaban J connectivity index is 2.89. The minimum Gasteiger partial charge on any atom is -0.508 e. The summed E-state index contributed by atoms with van der Waals surface area (Å²) in [5.74, 6) is -1.02. The van der Waals surface area contributed by atoms with E-state index in [0.717, 1.165) is 0 Å². The maximum Gasteiger partial charge on any atom is 0.307 e. The van der Waals surface area contributed by atoms with Gasteiger partial charge in [-0.15, -0.1) is 0 Å². The smallest absolute Gasteiger partial charge is 0.307 e. The summed E-state index contributed by atoms with van der Waals surface area (Å²) >= 11 is 0. The van der Waals surface area contributed by atoms with Gasteiger partial charge in [-0.2, -0.15) is 0 Å². The number of aromatic hydroxyl groups is 1. The van der Waals surface area contributed by atoms with Crippen molar-refractivity contribution in [2.75, 3.05) is 0 Å². The predicted molar refractivity (Wildman–Crippen MR) is 45.4 cm³/mol. The van der Waals surface area contributed by atoms with Crippen LogP contribution in [0, 0.1) is 0 Å². The largest absolute Gasteiger partial charge is 0.508 e. The number of carboxylic acid groups (broad SMARTS) is 1. The number of hydrogen-bond acceptors (Lipinski definition) is 3. The van der Waals surface area contributed by atoms with Crippen molar-refractivity contribution in [2.45, 2.75) is 13.0 Å². The maximum absolute atomic E-state index is 10.3. The number of rotatable bonds is 3. The highest BCUT2D eigenvalue weighted by Crippen LogP contribution is 2.18. The number of hydrogen-bond donors (Lipinski definition) is 3. The maximum atomic E-state index is 10.3. The first-order valence-corrected chi connectivity index (χ1v) is 3.77. The third-order valence-electron chi connectivity index (χ3n) is 1.68. The molecule has 0 spiro atoms. The van der Waals surface area contributed by atoms with Gasteiger partial charge in [-0.25, -0.2) is 0 Å². The summed E-state index contributed by atoms with van der Waals surface area (Å²) in [6.07, 6.45) is -0.126. The number of aliphatic hydroxyl groups excluding tert-OH is 1. The van der Waals surface area contributed by atoms with Crippen molar-refractivity contribution < 1.29 is 20.1 Å². The molecular weight excluding hydrogens is 172 g/mol. The van der Waals surface area contributed by atoms with Crippen molar-refractivity contribution in [2.24, 2.45) is 0 Å². The number of benzene rings is 1. The van der Waals surface area contributed by atoms with Gasteiger partial charge < -0.3 is 15.3 Å². The Labute approximate surface area is 75.1 Å². The van der Waals surface area contributed by atoms with E-state index in [9.17, 15) is 9.90 Å². The van der Waals surface area contributed by atoms with Crippen LogP contribution in [0.5, 0.6) is 5.75 Å². The lowest BCUT2D eigenvalue weighted by Crippen LogP contribution is -2.00. The van der Waals surface area contributed by atoms with Crippen molar-refractivity contribution in [3.05, 3.63) is 29.3 Å². The van der Waals surface area contributed by atoms with Crippen LogP contribution < -0.4 is 0 Å². The number of carbonyl (C=O) groups is 1. The Morgan fingerprint density at radius 3 is 2.54 bits per heavy atom. The molecule has 70 valence electrons. The number of phenols is 1. The second kappa shape index (κ2) is 3.91. The molecule has 0 atom stereocenters. The molecule has 3 N–H and O–H groups in total. The number of carboxylic acids is 1. The predicted octanol–water partition coefficient (Wildman–Crippen LogP) is 0.512. The minimum absolute atomic E-state index is 0.0683. The molecule has 0 aromatic heterocycles. The van der Waals surface area contributed by atoms with Crippen LogP contribution >= 0.6 is 0 Å². The Morgan fingerprint density at radius 1 is 1.38 bits per heavy atom. The normalized spacial score (nSPS) is 9.92. The Bertz CT molecular complexity index is 319. The third-order valence-corrected chi connectivity index (χ3v) is 1.68. The van der Waals surface area contributed by atoms with E-state index in [0.29, 0.717) is 11.1 Å². The highest BCUT2D eigenvalue weighted by atomic mass is 16.4. The van der Waals surface area contributed by atoms with Gasteiger partial charge in [-0.3, -0.25) is 4.79 Å². The SMILES string of the molecule is O=C(O)Cc1ccc(CO)c(O)c1. The van der Waals surface area contributed by atoms with Gasteiger partial charge in [0.1, 0.15) is 5.75 Å². The monoisotopic (exact) mass is 182 g/mol. The van der Waals surface area contributed by atoms with Crippen molar-refractivity contribution in [1.29, 1.82) is 0 Å².